The summed E-state index contributed by atoms with van der Waals surface area (Å²) in [4.78, 5) is 20.5. The van der Waals surface area contributed by atoms with Crippen LogP contribution in [0, 0.1) is 0 Å². The van der Waals surface area contributed by atoms with Gasteiger partial charge in [0.1, 0.15) is 17.3 Å². The fraction of sp³-hybridized carbons (Fsp3) is 0. The fourth-order valence-corrected chi connectivity index (χ4v) is 3.30. The molecule has 0 atom stereocenters. The summed E-state index contributed by atoms with van der Waals surface area (Å²) < 4.78 is 5.78. The van der Waals surface area contributed by atoms with Crippen molar-refractivity contribution in [1.29, 1.82) is 0 Å². The van der Waals surface area contributed by atoms with Crippen LogP contribution in [0.1, 0.15) is 10.4 Å². The standard InChI is InChI=1S/C26H19N3O2/c30-26(27-20-14-16-22(17-15-20)31-21-6-2-1-3-7-21)19-12-10-18(11-13-19)25-28-23-8-4-5-9-24(23)29-25/h1-17H,(H,27,30)(H,28,29). The molecule has 0 radical (unpaired) electrons. The number of aromatic amines is 1. The molecule has 0 saturated carbocycles. The number of para-hydroxylation sites is 3. The summed E-state index contributed by atoms with van der Waals surface area (Å²) in [7, 11) is 0. The van der Waals surface area contributed by atoms with E-state index in [0.29, 0.717) is 17.0 Å². The molecule has 0 spiro atoms. The van der Waals surface area contributed by atoms with Crippen LogP contribution in [0.4, 0.5) is 5.69 Å². The normalized spacial score (nSPS) is 10.7. The van der Waals surface area contributed by atoms with Crippen molar-refractivity contribution in [3.63, 3.8) is 0 Å². The zero-order valence-electron chi connectivity index (χ0n) is 16.6. The van der Waals surface area contributed by atoms with Gasteiger partial charge in [-0.2, -0.15) is 0 Å². The number of aromatic nitrogens is 2. The predicted octanol–water partition coefficient (Wildman–Crippen LogP) is 6.27. The number of H-pyrrole nitrogens is 1. The molecule has 0 saturated heterocycles. The second kappa shape index (κ2) is 8.16. The lowest BCUT2D eigenvalue weighted by molar-refractivity contribution is 0.102. The maximum atomic E-state index is 12.6. The van der Waals surface area contributed by atoms with E-state index in [-0.39, 0.29) is 5.91 Å². The lowest BCUT2D eigenvalue weighted by atomic mass is 10.1. The molecule has 0 aliphatic carbocycles. The monoisotopic (exact) mass is 405 g/mol. The first-order valence-corrected chi connectivity index (χ1v) is 9.94. The van der Waals surface area contributed by atoms with E-state index < -0.39 is 0 Å². The SMILES string of the molecule is O=C(Nc1ccc(Oc2ccccc2)cc1)c1ccc(-c2nc3ccccc3[nH]2)cc1. The summed E-state index contributed by atoms with van der Waals surface area (Å²) >= 11 is 0. The Labute approximate surface area is 179 Å². The van der Waals surface area contributed by atoms with Crippen LogP contribution in [0.2, 0.25) is 0 Å². The number of rotatable bonds is 5. The average molecular weight is 405 g/mol. The largest absolute Gasteiger partial charge is 0.457 e. The second-order valence-electron chi connectivity index (χ2n) is 7.07. The first-order valence-electron chi connectivity index (χ1n) is 9.94. The summed E-state index contributed by atoms with van der Waals surface area (Å²) in [5.74, 6) is 2.08. The number of hydrogen-bond acceptors (Lipinski definition) is 3. The molecule has 5 aromatic rings. The molecule has 4 aromatic carbocycles. The molecule has 5 nitrogen and oxygen atoms in total. The fourth-order valence-electron chi connectivity index (χ4n) is 3.30. The van der Waals surface area contributed by atoms with Crippen molar-refractivity contribution in [2.75, 3.05) is 5.32 Å². The number of imidazole rings is 1. The van der Waals surface area contributed by atoms with Gasteiger partial charge in [0.15, 0.2) is 0 Å². The molecule has 0 unspecified atom stereocenters. The zero-order chi connectivity index (χ0) is 21.0. The molecule has 1 aromatic heterocycles. The number of fused-ring (bicyclic) bond motifs is 1. The number of nitrogens with one attached hydrogen (secondary N) is 2. The molecule has 150 valence electrons. The van der Waals surface area contributed by atoms with Crippen LogP contribution in [-0.2, 0) is 0 Å². The minimum atomic E-state index is -0.173. The third-order valence-corrected chi connectivity index (χ3v) is 4.90. The van der Waals surface area contributed by atoms with Crippen LogP contribution >= 0.6 is 0 Å². The number of nitrogens with zero attached hydrogens (tertiary/aromatic N) is 1. The number of hydrogen-bond donors (Lipinski definition) is 2. The topological polar surface area (TPSA) is 67.0 Å². The maximum Gasteiger partial charge on any atom is 0.255 e. The Morgan fingerprint density at radius 3 is 2.16 bits per heavy atom. The van der Waals surface area contributed by atoms with Gasteiger partial charge in [0, 0.05) is 16.8 Å². The van der Waals surface area contributed by atoms with Gasteiger partial charge >= 0.3 is 0 Å². The molecule has 31 heavy (non-hydrogen) atoms. The van der Waals surface area contributed by atoms with Crippen molar-refractivity contribution in [3.8, 4) is 22.9 Å². The third kappa shape index (κ3) is 4.16. The van der Waals surface area contributed by atoms with E-state index in [1.54, 1.807) is 12.1 Å². The highest BCUT2D eigenvalue weighted by Gasteiger charge is 2.09. The summed E-state index contributed by atoms with van der Waals surface area (Å²) in [6, 6.07) is 32.1. The Morgan fingerprint density at radius 2 is 1.42 bits per heavy atom. The minimum Gasteiger partial charge on any atom is -0.457 e. The lowest BCUT2D eigenvalue weighted by Crippen LogP contribution is -2.11. The number of ether oxygens (including phenoxy) is 1. The van der Waals surface area contributed by atoms with Gasteiger partial charge < -0.3 is 15.0 Å². The van der Waals surface area contributed by atoms with E-state index in [9.17, 15) is 4.79 Å². The number of carbonyl (C=O) groups is 1. The van der Waals surface area contributed by atoms with Gasteiger partial charge in [-0.25, -0.2) is 4.98 Å². The maximum absolute atomic E-state index is 12.6. The van der Waals surface area contributed by atoms with Crippen molar-refractivity contribution < 1.29 is 9.53 Å². The highest BCUT2D eigenvalue weighted by molar-refractivity contribution is 6.04. The number of anilines is 1. The molecule has 0 aliphatic heterocycles. The van der Waals surface area contributed by atoms with Crippen LogP contribution in [-0.4, -0.2) is 15.9 Å². The van der Waals surface area contributed by atoms with Gasteiger partial charge in [-0.15, -0.1) is 0 Å². The first-order chi connectivity index (χ1) is 15.2. The van der Waals surface area contributed by atoms with E-state index in [1.165, 1.54) is 0 Å². The van der Waals surface area contributed by atoms with Crippen LogP contribution in [0.3, 0.4) is 0 Å². The van der Waals surface area contributed by atoms with Gasteiger partial charge in [0.2, 0.25) is 0 Å². The molecule has 2 N–H and O–H groups in total. The Kier molecular flexibility index (Phi) is 4.91. The highest BCUT2D eigenvalue weighted by Crippen LogP contribution is 2.24. The molecule has 0 aliphatic rings. The van der Waals surface area contributed by atoms with Crippen molar-refractivity contribution in [1.82, 2.24) is 9.97 Å². The highest BCUT2D eigenvalue weighted by atomic mass is 16.5. The van der Waals surface area contributed by atoms with Crippen LogP contribution in [0.5, 0.6) is 11.5 Å². The third-order valence-electron chi connectivity index (χ3n) is 4.90. The average Bonchev–Trinajstić information content (AvgIpc) is 3.25. The smallest absolute Gasteiger partial charge is 0.255 e. The summed E-state index contributed by atoms with van der Waals surface area (Å²) in [5.41, 5.74) is 4.10. The van der Waals surface area contributed by atoms with E-state index in [4.69, 9.17) is 4.74 Å². The summed E-state index contributed by atoms with van der Waals surface area (Å²) in [6.07, 6.45) is 0. The zero-order valence-corrected chi connectivity index (χ0v) is 16.6. The van der Waals surface area contributed by atoms with E-state index in [0.717, 1.165) is 28.2 Å². The van der Waals surface area contributed by atoms with E-state index in [2.05, 4.69) is 15.3 Å². The number of benzene rings is 4. The number of carbonyl (C=O) groups excluding carboxylic acids is 1. The van der Waals surface area contributed by atoms with Crippen LogP contribution in [0.15, 0.2) is 103 Å². The second-order valence-corrected chi connectivity index (χ2v) is 7.07. The van der Waals surface area contributed by atoms with E-state index in [1.807, 2.05) is 91.0 Å². The van der Waals surface area contributed by atoms with E-state index >= 15 is 0 Å². The molecule has 0 bridgehead atoms. The van der Waals surface area contributed by atoms with Gasteiger partial charge in [-0.3, -0.25) is 4.79 Å². The van der Waals surface area contributed by atoms with Crippen molar-refractivity contribution in [2.45, 2.75) is 0 Å². The Bertz CT molecular complexity index is 1290. The molecule has 5 rings (SSSR count). The molecular formula is C26H19N3O2. The molecule has 0 fully saturated rings. The van der Waals surface area contributed by atoms with Gasteiger partial charge in [-0.1, -0.05) is 42.5 Å². The van der Waals surface area contributed by atoms with Gasteiger partial charge in [0.25, 0.3) is 5.91 Å². The Morgan fingerprint density at radius 1 is 0.742 bits per heavy atom. The van der Waals surface area contributed by atoms with Gasteiger partial charge in [0.05, 0.1) is 11.0 Å². The van der Waals surface area contributed by atoms with Gasteiger partial charge in [-0.05, 0) is 60.7 Å². The predicted molar refractivity (Wildman–Crippen MR) is 122 cm³/mol. The van der Waals surface area contributed by atoms with Crippen molar-refractivity contribution in [3.05, 3.63) is 109 Å². The molecule has 5 heteroatoms. The quantitative estimate of drug-likeness (QED) is 0.362. The van der Waals surface area contributed by atoms with Crippen molar-refractivity contribution >= 4 is 22.6 Å². The first kappa shape index (κ1) is 18.6. The summed E-state index contributed by atoms with van der Waals surface area (Å²) in [5, 5.41) is 2.91. The molecular weight excluding hydrogens is 386 g/mol. The van der Waals surface area contributed by atoms with Crippen LogP contribution < -0.4 is 10.1 Å². The Hall–Kier alpha value is -4.38. The van der Waals surface area contributed by atoms with Crippen molar-refractivity contribution in [2.24, 2.45) is 0 Å². The molecule has 1 amide bonds. The summed E-state index contributed by atoms with van der Waals surface area (Å²) in [6.45, 7) is 0. The number of amides is 1. The van der Waals surface area contributed by atoms with Crippen LogP contribution in [0.25, 0.3) is 22.4 Å². The Balaban J connectivity index is 1.26. The minimum absolute atomic E-state index is 0.173. The lowest BCUT2D eigenvalue weighted by Gasteiger charge is -2.08. The molecule has 1 heterocycles.